The molecule has 0 saturated carbocycles. The van der Waals surface area contributed by atoms with Crippen LogP contribution in [0.25, 0.3) is 0 Å². The van der Waals surface area contributed by atoms with Crippen LogP contribution in [0.4, 0.5) is 0 Å². The van der Waals surface area contributed by atoms with Gasteiger partial charge in [0.15, 0.2) is 0 Å². The van der Waals surface area contributed by atoms with Crippen LogP contribution in [0.2, 0.25) is 0 Å². The molecule has 3 aromatic carbocycles. The lowest BCUT2D eigenvalue weighted by Gasteiger charge is -2.34. The molecule has 218 valence electrons. The monoisotopic (exact) mass is 566 g/mol. The lowest BCUT2D eigenvalue weighted by Crippen LogP contribution is -2.55. The SMILES string of the molecule is CC(C)(C)OC(=O)CN[C@@H](C(=O)N1CCC[C@H]1C(=O)NCc1ccc(C#N)cc1)C(c1ccccc1)c1ccccc1. The van der Waals surface area contributed by atoms with E-state index in [0.29, 0.717) is 31.5 Å². The summed E-state index contributed by atoms with van der Waals surface area (Å²) in [6.45, 7) is 5.97. The summed E-state index contributed by atoms with van der Waals surface area (Å²) in [6, 6.07) is 27.1. The zero-order valence-electron chi connectivity index (χ0n) is 24.4. The summed E-state index contributed by atoms with van der Waals surface area (Å²) in [7, 11) is 0. The molecule has 0 aliphatic carbocycles. The highest BCUT2D eigenvalue weighted by Gasteiger charge is 2.41. The molecular weight excluding hydrogens is 528 g/mol. The largest absolute Gasteiger partial charge is 0.459 e. The van der Waals surface area contributed by atoms with Crippen LogP contribution in [0.15, 0.2) is 84.9 Å². The number of nitriles is 1. The van der Waals surface area contributed by atoms with E-state index < -0.39 is 29.6 Å². The summed E-state index contributed by atoms with van der Waals surface area (Å²) in [5.74, 6) is -1.34. The highest BCUT2D eigenvalue weighted by molar-refractivity contribution is 5.91. The fraction of sp³-hybridized carbons (Fsp3) is 0.353. The summed E-state index contributed by atoms with van der Waals surface area (Å²) in [5.41, 5.74) is 2.58. The minimum Gasteiger partial charge on any atom is -0.459 e. The molecule has 1 aliphatic heterocycles. The van der Waals surface area contributed by atoms with Crippen LogP contribution >= 0.6 is 0 Å². The summed E-state index contributed by atoms with van der Waals surface area (Å²) in [5, 5.41) is 15.2. The van der Waals surface area contributed by atoms with Gasteiger partial charge < -0.3 is 15.0 Å². The first kappa shape index (κ1) is 30.5. The average molecular weight is 567 g/mol. The molecule has 1 heterocycles. The molecule has 2 N–H and O–H groups in total. The lowest BCUT2D eigenvalue weighted by atomic mass is 9.84. The molecule has 0 radical (unpaired) electrons. The zero-order chi connectivity index (χ0) is 30.1. The Hall–Kier alpha value is -4.48. The summed E-state index contributed by atoms with van der Waals surface area (Å²) >= 11 is 0. The van der Waals surface area contributed by atoms with Crippen molar-refractivity contribution in [2.75, 3.05) is 13.1 Å². The van der Waals surface area contributed by atoms with Crippen LogP contribution < -0.4 is 10.6 Å². The minimum atomic E-state index is -0.825. The van der Waals surface area contributed by atoms with Crippen LogP contribution in [0, 0.1) is 11.3 Å². The fourth-order valence-electron chi connectivity index (χ4n) is 5.30. The third-order valence-electron chi connectivity index (χ3n) is 7.19. The van der Waals surface area contributed by atoms with Crippen LogP contribution in [-0.4, -0.2) is 53.5 Å². The third kappa shape index (κ3) is 8.05. The molecule has 0 spiro atoms. The number of benzene rings is 3. The van der Waals surface area contributed by atoms with Crippen molar-refractivity contribution in [2.24, 2.45) is 0 Å². The highest BCUT2D eigenvalue weighted by atomic mass is 16.6. The maximum Gasteiger partial charge on any atom is 0.320 e. The second-order valence-electron chi connectivity index (χ2n) is 11.5. The van der Waals surface area contributed by atoms with E-state index in [4.69, 9.17) is 10.00 Å². The normalized spacial score (nSPS) is 15.6. The van der Waals surface area contributed by atoms with Gasteiger partial charge in [-0.05, 0) is 62.4 Å². The van der Waals surface area contributed by atoms with Crippen molar-refractivity contribution in [2.45, 2.75) is 63.8 Å². The number of nitrogens with zero attached hydrogens (tertiary/aromatic N) is 2. The predicted molar refractivity (Wildman–Crippen MR) is 160 cm³/mol. The standard InChI is InChI=1S/C34H38N4O4/c1-34(2,3)42-29(39)23-36-31(30(26-11-6-4-7-12-26)27-13-8-5-9-14-27)33(41)38-20-10-15-28(38)32(40)37-22-25-18-16-24(21-35)17-19-25/h4-9,11-14,16-19,28,30-31,36H,10,15,20,22-23H2,1-3H3,(H,37,40)/t28-,31+/m0/s1. The number of amides is 2. The first-order chi connectivity index (χ1) is 20.2. The van der Waals surface area contributed by atoms with E-state index in [2.05, 4.69) is 16.7 Å². The Labute approximate surface area is 247 Å². The number of carbonyl (C=O) groups is 3. The van der Waals surface area contributed by atoms with E-state index in [9.17, 15) is 14.4 Å². The van der Waals surface area contributed by atoms with E-state index in [0.717, 1.165) is 16.7 Å². The molecule has 1 aliphatic rings. The number of hydrogen-bond acceptors (Lipinski definition) is 6. The molecule has 1 saturated heterocycles. The molecule has 4 rings (SSSR count). The van der Waals surface area contributed by atoms with Crippen molar-refractivity contribution in [3.05, 3.63) is 107 Å². The Morgan fingerprint density at radius 1 is 0.952 bits per heavy atom. The third-order valence-corrected chi connectivity index (χ3v) is 7.19. The number of likely N-dealkylation sites (tertiary alicyclic amines) is 1. The van der Waals surface area contributed by atoms with E-state index in [1.54, 1.807) is 49.9 Å². The van der Waals surface area contributed by atoms with Crippen molar-refractivity contribution in [1.29, 1.82) is 5.26 Å². The number of hydrogen-bond donors (Lipinski definition) is 2. The van der Waals surface area contributed by atoms with Crippen LogP contribution in [-0.2, 0) is 25.7 Å². The Kier molecular flexibility index (Phi) is 10.1. The first-order valence-corrected chi connectivity index (χ1v) is 14.3. The zero-order valence-corrected chi connectivity index (χ0v) is 24.4. The predicted octanol–water partition coefficient (Wildman–Crippen LogP) is 4.30. The molecule has 2 amide bonds. The van der Waals surface area contributed by atoms with E-state index in [-0.39, 0.29) is 18.4 Å². The Balaban J connectivity index is 1.59. The molecule has 0 unspecified atom stereocenters. The van der Waals surface area contributed by atoms with Gasteiger partial charge in [-0.1, -0.05) is 72.8 Å². The molecule has 42 heavy (non-hydrogen) atoms. The maximum absolute atomic E-state index is 14.4. The molecule has 1 fully saturated rings. The van der Waals surface area contributed by atoms with Crippen LogP contribution in [0.3, 0.4) is 0 Å². The van der Waals surface area contributed by atoms with Gasteiger partial charge in [-0.2, -0.15) is 5.26 Å². The van der Waals surface area contributed by atoms with Gasteiger partial charge in [0.2, 0.25) is 11.8 Å². The molecule has 8 heteroatoms. The molecule has 0 bridgehead atoms. The van der Waals surface area contributed by atoms with Crippen molar-refractivity contribution >= 4 is 17.8 Å². The van der Waals surface area contributed by atoms with E-state index in [1.165, 1.54) is 0 Å². The Bertz CT molecular complexity index is 1360. The van der Waals surface area contributed by atoms with Gasteiger partial charge in [0, 0.05) is 19.0 Å². The number of rotatable bonds is 10. The van der Waals surface area contributed by atoms with Gasteiger partial charge in [0.05, 0.1) is 24.2 Å². The molecule has 3 aromatic rings. The van der Waals surface area contributed by atoms with Gasteiger partial charge in [-0.15, -0.1) is 0 Å². The molecule has 8 nitrogen and oxygen atoms in total. The maximum atomic E-state index is 14.4. The van der Waals surface area contributed by atoms with Crippen molar-refractivity contribution in [3.63, 3.8) is 0 Å². The average Bonchev–Trinajstić information content (AvgIpc) is 3.48. The molecular formula is C34H38N4O4. The van der Waals surface area contributed by atoms with Gasteiger partial charge >= 0.3 is 5.97 Å². The van der Waals surface area contributed by atoms with Gasteiger partial charge in [-0.3, -0.25) is 19.7 Å². The van der Waals surface area contributed by atoms with Crippen molar-refractivity contribution in [1.82, 2.24) is 15.5 Å². The van der Waals surface area contributed by atoms with Crippen LogP contribution in [0.1, 0.15) is 61.8 Å². The Morgan fingerprint density at radius 2 is 1.55 bits per heavy atom. The van der Waals surface area contributed by atoms with Crippen molar-refractivity contribution in [3.8, 4) is 6.07 Å². The smallest absolute Gasteiger partial charge is 0.320 e. The van der Waals surface area contributed by atoms with Gasteiger partial charge in [-0.25, -0.2) is 0 Å². The lowest BCUT2D eigenvalue weighted by molar-refractivity contribution is -0.154. The van der Waals surface area contributed by atoms with Gasteiger partial charge in [0.25, 0.3) is 0 Å². The number of nitrogens with one attached hydrogen (secondary N) is 2. The second kappa shape index (κ2) is 13.9. The number of ether oxygens (including phenoxy) is 1. The quantitative estimate of drug-likeness (QED) is 0.354. The molecule has 2 atom stereocenters. The number of carbonyl (C=O) groups excluding carboxylic acids is 3. The summed E-state index contributed by atoms with van der Waals surface area (Å²) < 4.78 is 5.52. The summed E-state index contributed by atoms with van der Waals surface area (Å²) in [6.07, 6.45) is 1.24. The fourth-order valence-corrected chi connectivity index (χ4v) is 5.30. The second-order valence-corrected chi connectivity index (χ2v) is 11.5. The van der Waals surface area contributed by atoms with Gasteiger partial charge in [0.1, 0.15) is 11.6 Å². The molecule has 0 aromatic heterocycles. The van der Waals surface area contributed by atoms with E-state index in [1.807, 2.05) is 60.7 Å². The highest BCUT2D eigenvalue weighted by Crippen LogP contribution is 2.31. The van der Waals surface area contributed by atoms with Crippen LogP contribution in [0.5, 0.6) is 0 Å². The number of esters is 1. The topological polar surface area (TPSA) is 112 Å². The van der Waals surface area contributed by atoms with E-state index >= 15 is 0 Å². The first-order valence-electron chi connectivity index (χ1n) is 14.3. The minimum absolute atomic E-state index is 0.159. The Morgan fingerprint density at radius 3 is 2.10 bits per heavy atom. The van der Waals surface area contributed by atoms with Crippen molar-refractivity contribution < 1.29 is 19.1 Å². The summed E-state index contributed by atoms with van der Waals surface area (Å²) in [4.78, 5) is 42.1.